The lowest BCUT2D eigenvalue weighted by atomic mass is 10.1. The van der Waals surface area contributed by atoms with Crippen molar-refractivity contribution in [2.75, 3.05) is 10.6 Å². The zero-order valence-electron chi connectivity index (χ0n) is 14.1. The van der Waals surface area contributed by atoms with E-state index in [0.717, 1.165) is 11.3 Å². The maximum absolute atomic E-state index is 12.4. The van der Waals surface area contributed by atoms with Crippen molar-refractivity contribution in [3.8, 4) is 0 Å². The highest BCUT2D eigenvalue weighted by Gasteiger charge is 2.11. The number of anilines is 2. The average molecular weight is 365 g/mol. The van der Waals surface area contributed by atoms with E-state index in [4.69, 9.17) is 11.6 Å². The average Bonchev–Trinajstić information content (AvgIpc) is 2.64. The van der Waals surface area contributed by atoms with Gasteiger partial charge in [0.05, 0.1) is 10.6 Å². The molecule has 0 heterocycles. The van der Waals surface area contributed by atoms with Gasteiger partial charge in [0.25, 0.3) is 11.8 Å². The fourth-order valence-electron chi connectivity index (χ4n) is 2.46. The van der Waals surface area contributed by atoms with Crippen molar-refractivity contribution < 1.29 is 9.59 Å². The fraction of sp³-hybridized carbons (Fsp3) is 0.0476. The highest BCUT2D eigenvalue weighted by Crippen LogP contribution is 2.19. The first-order valence-corrected chi connectivity index (χ1v) is 8.45. The van der Waals surface area contributed by atoms with E-state index < -0.39 is 0 Å². The second-order valence-electron chi connectivity index (χ2n) is 5.78. The van der Waals surface area contributed by atoms with E-state index in [1.165, 1.54) is 0 Å². The Hall–Kier alpha value is -3.11. The predicted molar refractivity (Wildman–Crippen MR) is 105 cm³/mol. The van der Waals surface area contributed by atoms with Crippen molar-refractivity contribution in [1.29, 1.82) is 0 Å². The molecule has 0 aliphatic carbocycles. The quantitative estimate of drug-likeness (QED) is 0.672. The summed E-state index contributed by atoms with van der Waals surface area (Å²) in [6.45, 7) is 1.93. The Kier molecular flexibility index (Phi) is 5.34. The Morgan fingerprint density at radius 1 is 0.769 bits per heavy atom. The van der Waals surface area contributed by atoms with Gasteiger partial charge < -0.3 is 10.6 Å². The van der Waals surface area contributed by atoms with Gasteiger partial charge in [-0.25, -0.2) is 0 Å². The van der Waals surface area contributed by atoms with Gasteiger partial charge in [-0.05, 0) is 55.0 Å². The molecule has 0 saturated carbocycles. The SMILES string of the molecule is Cc1ccccc1NC(=O)c1ccc(NC(=O)c2ccccc2Cl)cc1. The van der Waals surface area contributed by atoms with E-state index in [-0.39, 0.29) is 11.8 Å². The summed E-state index contributed by atoms with van der Waals surface area (Å²) in [5.74, 6) is -0.504. The minimum absolute atomic E-state index is 0.205. The number of carbonyl (C=O) groups is 2. The van der Waals surface area contributed by atoms with Crippen LogP contribution in [0.5, 0.6) is 0 Å². The summed E-state index contributed by atoms with van der Waals surface area (Å²) in [5.41, 5.74) is 3.25. The number of rotatable bonds is 4. The Bertz CT molecular complexity index is 952. The molecule has 3 aromatic rings. The summed E-state index contributed by atoms with van der Waals surface area (Å²) in [4.78, 5) is 24.6. The molecule has 0 atom stereocenters. The topological polar surface area (TPSA) is 58.2 Å². The van der Waals surface area contributed by atoms with E-state index in [1.807, 2.05) is 31.2 Å². The normalized spacial score (nSPS) is 10.2. The van der Waals surface area contributed by atoms with Gasteiger partial charge in [0, 0.05) is 16.9 Å². The molecule has 3 aromatic carbocycles. The Balaban J connectivity index is 1.68. The molecule has 4 nitrogen and oxygen atoms in total. The van der Waals surface area contributed by atoms with Crippen LogP contribution < -0.4 is 10.6 Å². The van der Waals surface area contributed by atoms with E-state index in [9.17, 15) is 9.59 Å². The lowest BCUT2D eigenvalue weighted by Crippen LogP contribution is -2.14. The molecular formula is C21H17ClN2O2. The Morgan fingerprint density at radius 2 is 1.42 bits per heavy atom. The first-order valence-electron chi connectivity index (χ1n) is 8.07. The molecule has 0 aliphatic rings. The lowest BCUT2D eigenvalue weighted by molar-refractivity contribution is 0.102. The summed E-state index contributed by atoms with van der Waals surface area (Å²) < 4.78 is 0. The third-order valence-corrected chi connectivity index (χ3v) is 4.25. The lowest BCUT2D eigenvalue weighted by Gasteiger charge is -2.09. The van der Waals surface area contributed by atoms with Crippen molar-refractivity contribution in [2.24, 2.45) is 0 Å². The summed E-state index contributed by atoms with van der Waals surface area (Å²) in [5, 5.41) is 6.03. The first kappa shape index (κ1) is 17.7. The first-order chi connectivity index (χ1) is 12.5. The number of halogens is 1. The molecule has 0 fully saturated rings. The molecule has 0 radical (unpaired) electrons. The van der Waals surface area contributed by atoms with E-state index in [0.29, 0.717) is 21.8 Å². The van der Waals surface area contributed by atoms with Gasteiger partial charge in [-0.3, -0.25) is 9.59 Å². The molecule has 0 unspecified atom stereocenters. The van der Waals surface area contributed by atoms with Gasteiger partial charge in [-0.1, -0.05) is 41.9 Å². The zero-order chi connectivity index (χ0) is 18.5. The van der Waals surface area contributed by atoms with Gasteiger partial charge in [0.2, 0.25) is 0 Å². The van der Waals surface area contributed by atoms with Crippen LogP contribution in [0.15, 0.2) is 72.8 Å². The van der Waals surface area contributed by atoms with Crippen LogP contribution in [0.3, 0.4) is 0 Å². The number of aryl methyl sites for hydroxylation is 1. The Morgan fingerprint density at radius 3 is 2.12 bits per heavy atom. The summed E-state index contributed by atoms with van der Waals surface area (Å²) >= 11 is 6.03. The van der Waals surface area contributed by atoms with Gasteiger partial charge in [-0.15, -0.1) is 0 Å². The second kappa shape index (κ2) is 7.85. The van der Waals surface area contributed by atoms with E-state index in [2.05, 4.69) is 10.6 Å². The highest BCUT2D eigenvalue weighted by atomic mass is 35.5. The summed E-state index contributed by atoms with van der Waals surface area (Å²) in [7, 11) is 0. The molecule has 26 heavy (non-hydrogen) atoms. The van der Waals surface area contributed by atoms with Gasteiger partial charge in [-0.2, -0.15) is 0 Å². The van der Waals surface area contributed by atoms with Crippen LogP contribution >= 0.6 is 11.6 Å². The maximum Gasteiger partial charge on any atom is 0.257 e. The third-order valence-electron chi connectivity index (χ3n) is 3.92. The molecule has 2 amide bonds. The molecule has 0 bridgehead atoms. The molecule has 5 heteroatoms. The molecule has 0 aromatic heterocycles. The highest BCUT2D eigenvalue weighted by molar-refractivity contribution is 6.34. The third kappa shape index (κ3) is 4.10. The molecule has 3 rings (SSSR count). The number of nitrogens with one attached hydrogen (secondary N) is 2. The van der Waals surface area contributed by atoms with Crippen LogP contribution in [0.1, 0.15) is 26.3 Å². The van der Waals surface area contributed by atoms with E-state index in [1.54, 1.807) is 48.5 Å². The van der Waals surface area contributed by atoms with E-state index >= 15 is 0 Å². The monoisotopic (exact) mass is 364 g/mol. The van der Waals surface area contributed by atoms with Crippen molar-refractivity contribution in [3.05, 3.63) is 94.5 Å². The maximum atomic E-state index is 12.4. The zero-order valence-corrected chi connectivity index (χ0v) is 14.9. The van der Waals surface area contributed by atoms with Crippen molar-refractivity contribution in [1.82, 2.24) is 0 Å². The minimum Gasteiger partial charge on any atom is -0.322 e. The fourth-order valence-corrected chi connectivity index (χ4v) is 2.68. The van der Waals surface area contributed by atoms with Gasteiger partial charge in [0.1, 0.15) is 0 Å². The van der Waals surface area contributed by atoms with Crippen LogP contribution in [-0.4, -0.2) is 11.8 Å². The largest absolute Gasteiger partial charge is 0.322 e. The number of para-hydroxylation sites is 1. The number of benzene rings is 3. The van der Waals surface area contributed by atoms with Crippen LogP contribution in [0, 0.1) is 6.92 Å². The van der Waals surface area contributed by atoms with Gasteiger partial charge >= 0.3 is 0 Å². The van der Waals surface area contributed by atoms with Crippen LogP contribution in [-0.2, 0) is 0 Å². The molecule has 130 valence electrons. The molecule has 0 spiro atoms. The Labute approximate surface area is 156 Å². The smallest absolute Gasteiger partial charge is 0.257 e. The number of hydrogen-bond acceptors (Lipinski definition) is 2. The summed E-state index contributed by atoms with van der Waals surface area (Å²) in [6, 6.07) is 21.1. The summed E-state index contributed by atoms with van der Waals surface area (Å²) in [6.07, 6.45) is 0. The standard InChI is InChI=1S/C21H17ClN2O2/c1-14-6-2-5-9-19(14)24-20(25)15-10-12-16(13-11-15)23-21(26)17-7-3-4-8-18(17)22/h2-13H,1H3,(H,23,26)(H,24,25). The predicted octanol–water partition coefficient (Wildman–Crippen LogP) is 5.15. The van der Waals surface area contributed by atoms with Crippen LogP contribution in [0.25, 0.3) is 0 Å². The number of carbonyl (C=O) groups excluding carboxylic acids is 2. The molecule has 2 N–H and O–H groups in total. The molecule has 0 aliphatic heterocycles. The number of amides is 2. The van der Waals surface area contributed by atoms with Crippen molar-refractivity contribution >= 4 is 34.8 Å². The van der Waals surface area contributed by atoms with Gasteiger partial charge in [0.15, 0.2) is 0 Å². The second-order valence-corrected chi connectivity index (χ2v) is 6.19. The van der Waals surface area contributed by atoms with Crippen LogP contribution in [0.4, 0.5) is 11.4 Å². The van der Waals surface area contributed by atoms with Crippen LogP contribution in [0.2, 0.25) is 5.02 Å². The minimum atomic E-state index is -0.298. The van der Waals surface area contributed by atoms with Crippen molar-refractivity contribution in [3.63, 3.8) is 0 Å². The molecular weight excluding hydrogens is 348 g/mol. The molecule has 0 saturated heterocycles. The van der Waals surface area contributed by atoms with Crippen molar-refractivity contribution in [2.45, 2.75) is 6.92 Å². The number of hydrogen-bond donors (Lipinski definition) is 2.